The molecule has 0 saturated heterocycles. The minimum Gasteiger partial charge on any atom is -0.325 e. The molecule has 0 saturated carbocycles. The Morgan fingerprint density at radius 2 is 2.00 bits per heavy atom. The van der Waals surface area contributed by atoms with Gasteiger partial charge in [-0.2, -0.15) is 0 Å². The summed E-state index contributed by atoms with van der Waals surface area (Å²) in [5.41, 5.74) is 3.00. The molecule has 3 aromatic rings. The van der Waals surface area contributed by atoms with Gasteiger partial charge in [-0.25, -0.2) is 0 Å². The van der Waals surface area contributed by atoms with E-state index in [1.165, 1.54) is 0 Å². The smallest absolute Gasteiger partial charge is 0.156 e. The molecule has 2 aromatic heterocycles. The Morgan fingerprint density at radius 3 is 2.69 bits per heavy atom. The van der Waals surface area contributed by atoms with Crippen LogP contribution in [0.1, 0.15) is 12.7 Å². The second kappa shape index (κ2) is 3.48. The summed E-state index contributed by atoms with van der Waals surface area (Å²) in [6.45, 7) is 2.07. The third-order valence-corrected chi connectivity index (χ3v) is 2.58. The number of hydrogen-bond acceptors (Lipinski definition) is 2. The number of aromatic nitrogens is 4. The van der Waals surface area contributed by atoms with E-state index in [0.29, 0.717) is 0 Å². The largest absolute Gasteiger partial charge is 0.325 e. The standard InChI is InChI=1S/C12H12N4/c1-2-11-13-12-8-10(14-16(12)15-11)9-6-4-3-5-7-9/h3-8H,2H2,1H3,(H,13,15). The molecule has 4 nitrogen and oxygen atoms in total. The van der Waals surface area contributed by atoms with Crippen LogP contribution in [0.5, 0.6) is 0 Å². The minimum atomic E-state index is 0.893. The van der Waals surface area contributed by atoms with Gasteiger partial charge in [0.2, 0.25) is 0 Å². The quantitative estimate of drug-likeness (QED) is 0.708. The van der Waals surface area contributed by atoms with Gasteiger partial charge < -0.3 is 4.98 Å². The van der Waals surface area contributed by atoms with Crippen molar-refractivity contribution in [2.24, 2.45) is 0 Å². The molecule has 0 atom stereocenters. The lowest BCUT2D eigenvalue weighted by molar-refractivity contribution is 0.792. The van der Waals surface area contributed by atoms with Crippen LogP contribution in [0.2, 0.25) is 0 Å². The molecule has 0 aliphatic rings. The summed E-state index contributed by atoms with van der Waals surface area (Å²) < 4.78 is 1.65. The van der Waals surface area contributed by atoms with Gasteiger partial charge in [0.1, 0.15) is 5.82 Å². The fourth-order valence-electron chi connectivity index (χ4n) is 1.73. The van der Waals surface area contributed by atoms with Crippen LogP contribution < -0.4 is 0 Å². The van der Waals surface area contributed by atoms with Gasteiger partial charge in [0.25, 0.3) is 0 Å². The highest BCUT2D eigenvalue weighted by Gasteiger charge is 2.07. The number of aryl methyl sites for hydroxylation is 1. The fourth-order valence-corrected chi connectivity index (χ4v) is 1.73. The SMILES string of the molecule is CCc1nn2nc(-c3ccccc3)cc2[nH]1. The molecule has 0 fully saturated rings. The van der Waals surface area contributed by atoms with Gasteiger partial charge in [0.15, 0.2) is 5.65 Å². The van der Waals surface area contributed by atoms with Crippen LogP contribution in [-0.2, 0) is 6.42 Å². The molecule has 1 aromatic carbocycles. The molecular formula is C12H12N4. The second-order valence-electron chi connectivity index (χ2n) is 3.70. The van der Waals surface area contributed by atoms with Crippen LogP contribution >= 0.6 is 0 Å². The fraction of sp³-hybridized carbons (Fsp3) is 0.167. The summed E-state index contributed by atoms with van der Waals surface area (Å²) in [5, 5.41) is 8.75. The van der Waals surface area contributed by atoms with Gasteiger partial charge in [-0.3, -0.25) is 0 Å². The molecule has 3 rings (SSSR count). The molecule has 0 radical (unpaired) electrons. The van der Waals surface area contributed by atoms with Crippen LogP contribution in [0.3, 0.4) is 0 Å². The van der Waals surface area contributed by atoms with E-state index in [4.69, 9.17) is 0 Å². The van der Waals surface area contributed by atoms with Crippen LogP contribution in [0.4, 0.5) is 0 Å². The van der Waals surface area contributed by atoms with Gasteiger partial charge in [-0.1, -0.05) is 37.3 Å². The number of benzene rings is 1. The molecule has 16 heavy (non-hydrogen) atoms. The van der Waals surface area contributed by atoms with E-state index in [1.54, 1.807) is 4.63 Å². The molecule has 0 amide bonds. The number of aromatic amines is 1. The van der Waals surface area contributed by atoms with Crippen molar-refractivity contribution >= 4 is 5.65 Å². The van der Waals surface area contributed by atoms with Crippen LogP contribution in [-0.4, -0.2) is 19.8 Å². The zero-order chi connectivity index (χ0) is 11.0. The number of fused-ring (bicyclic) bond motifs is 1. The van der Waals surface area contributed by atoms with Crippen molar-refractivity contribution in [3.63, 3.8) is 0 Å². The predicted molar refractivity (Wildman–Crippen MR) is 62.2 cm³/mol. The first-order chi connectivity index (χ1) is 7.86. The average molecular weight is 212 g/mol. The van der Waals surface area contributed by atoms with Crippen molar-refractivity contribution in [3.8, 4) is 11.3 Å². The topological polar surface area (TPSA) is 46.0 Å². The highest BCUT2D eigenvalue weighted by Crippen LogP contribution is 2.18. The van der Waals surface area contributed by atoms with E-state index in [9.17, 15) is 0 Å². The highest BCUT2D eigenvalue weighted by molar-refractivity contribution is 5.63. The van der Waals surface area contributed by atoms with Crippen LogP contribution in [0, 0.1) is 0 Å². The van der Waals surface area contributed by atoms with E-state index >= 15 is 0 Å². The number of nitrogens with zero attached hydrogens (tertiary/aromatic N) is 3. The molecule has 0 bridgehead atoms. The lowest BCUT2D eigenvalue weighted by Gasteiger charge is -1.93. The van der Waals surface area contributed by atoms with Gasteiger partial charge in [0, 0.05) is 18.1 Å². The maximum atomic E-state index is 4.43. The van der Waals surface area contributed by atoms with E-state index < -0.39 is 0 Å². The Balaban J connectivity index is 2.10. The zero-order valence-electron chi connectivity index (χ0n) is 9.01. The Morgan fingerprint density at radius 1 is 1.19 bits per heavy atom. The molecule has 1 N–H and O–H groups in total. The number of hydrogen-bond donors (Lipinski definition) is 1. The summed E-state index contributed by atoms with van der Waals surface area (Å²) >= 11 is 0. The van der Waals surface area contributed by atoms with Crippen LogP contribution in [0.25, 0.3) is 16.9 Å². The molecule has 4 heteroatoms. The summed E-state index contributed by atoms with van der Waals surface area (Å²) in [6.07, 6.45) is 0.893. The minimum absolute atomic E-state index is 0.893. The molecule has 2 heterocycles. The Labute approximate surface area is 92.9 Å². The molecule has 80 valence electrons. The molecular weight excluding hydrogens is 200 g/mol. The lowest BCUT2D eigenvalue weighted by atomic mass is 10.2. The van der Waals surface area contributed by atoms with E-state index in [1.807, 2.05) is 36.4 Å². The Bertz CT molecular complexity index is 575. The third-order valence-electron chi connectivity index (χ3n) is 2.58. The number of nitrogens with one attached hydrogen (secondary N) is 1. The number of H-pyrrole nitrogens is 1. The first-order valence-electron chi connectivity index (χ1n) is 5.37. The van der Waals surface area contributed by atoms with Crippen molar-refractivity contribution in [1.29, 1.82) is 0 Å². The van der Waals surface area contributed by atoms with Gasteiger partial charge >= 0.3 is 0 Å². The van der Waals surface area contributed by atoms with Crippen LogP contribution in [0.15, 0.2) is 36.4 Å². The van der Waals surface area contributed by atoms with Crippen molar-refractivity contribution in [2.75, 3.05) is 0 Å². The predicted octanol–water partition coefficient (Wildman–Crippen LogP) is 2.29. The number of rotatable bonds is 2. The van der Waals surface area contributed by atoms with Gasteiger partial charge in [-0.05, 0) is 0 Å². The normalized spacial score (nSPS) is 11.1. The van der Waals surface area contributed by atoms with Crippen molar-refractivity contribution in [1.82, 2.24) is 19.8 Å². The molecule has 0 aliphatic heterocycles. The van der Waals surface area contributed by atoms with Gasteiger partial charge in [0.05, 0.1) is 5.69 Å². The Hall–Kier alpha value is -2.10. The second-order valence-corrected chi connectivity index (χ2v) is 3.70. The highest BCUT2D eigenvalue weighted by atomic mass is 15.5. The van der Waals surface area contributed by atoms with E-state index in [2.05, 4.69) is 22.1 Å². The molecule has 0 unspecified atom stereocenters. The summed E-state index contributed by atoms with van der Waals surface area (Å²) in [5.74, 6) is 0.960. The first-order valence-corrected chi connectivity index (χ1v) is 5.37. The summed E-state index contributed by atoms with van der Waals surface area (Å²) in [6, 6.07) is 12.1. The summed E-state index contributed by atoms with van der Waals surface area (Å²) in [4.78, 5) is 3.22. The summed E-state index contributed by atoms with van der Waals surface area (Å²) in [7, 11) is 0. The lowest BCUT2D eigenvalue weighted by Crippen LogP contribution is -1.89. The van der Waals surface area contributed by atoms with Crippen molar-refractivity contribution in [3.05, 3.63) is 42.2 Å². The average Bonchev–Trinajstić information content (AvgIpc) is 2.87. The van der Waals surface area contributed by atoms with E-state index in [0.717, 1.165) is 29.1 Å². The van der Waals surface area contributed by atoms with E-state index in [-0.39, 0.29) is 0 Å². The third kappa shape index (κ3) is 1.39. The molecule has 0 aliphatic carbocycles. The first kappa shape index (κ1) is 9.15. The van der Waals surface area contributed by atoms with Gasteiger partial charge in [-0.15, -0.1) is 14.8 Å². The van der Waals surface area contributed by atoms with Crippen molar-refractivity contribution in [2.45, 2.75) is 13.3 Å². The van der Waals surface area contributed by atoms with Crippen molar-refractivity contribution < 1.29 is 0 Å². The zero-order valence-corrected chi connectivity index (χ0v) is 9.01. The maximum Gasteiger partial charge on any atom is 0.156 e. The molecule has 0 spiro atoms. The monoisotopic (exact) mass is 212 g/mol. The maximum absolute atomic E-state index is 4.43. The Kier molecular flexibility index (Phi) is 1.99.